The van der Waals surface area contributed by atoms with Gasteiger partial charge in [-0.2, -0.15) is 13.9 Å². The molecule has 0 aliphatic carbocycles. The number of alkyl halides is 2. The molecule has 4 rings (SSSR count). The van der Waals surface area contributed by atoms with Crippen LogP contribution >= 0.6 is 0 Å². The van der Waals surface area contributed by atoms with E-state index in [0.29, 0.717) is 17.0 Å². The SMILES string of the molecule is Cc1c(C(=O)Nc2ccc(F)cc2OC(F)F)c(-c2ccccc2)nn1-c1ccccc1. The molecule has 162 valence electrons. The van der Waals surface area contributed by atoms with E-state index in [1.54, 1.807) is 11.6 Å². The third kappa shape index (κ3) is 4.34. The minimum Gasteiger partial charge on any atom is -0.432 e. The van der Waals surface area contributed by atoms with Crippen molar-refractivity contribution in [1.82, 2.24) is 9.78 Å². The second-order valence-electron chi connectivity index (χ2n) is 6.90. The molecule has 0 radical (unpaired) electrons. The minimum absolute atomic E-state index is 0.0810. The average molecular weight is 437 g/mol. The van der Waals surface area contributed by atoms with Crippen molar-refractivity contribution in [3.63, 3.8) is 0 Å². The van der Waals surface area contributed by atoms with E-state index in [9.17, 15) is 18.0 Å². The Bertz CT molecular complexity index is 1240. The quantitative estimate of drug-likeness (QED) is 0.412. The van der Waals surface area contributed by atoms with Gasteiger partial charge >= 0.3 is 6.61 Å². The van der Waals surface area contributed by atoms with Gasteiger partial charge in [-0.1, -0.05) is 48.5 Å². The molecule has 0 aliphatic heterocycles. The van der Waals surface area contributed by atoms with Crippen LogP contribution in [0.5, 0.6) is 5.75 Å². The summed E-state index contributed by atoms with van der Waals surface area (Å²) in [4.78, 5) is 13.3. The van der Waals surface area contributed by atoms with Crippen molar-refractivity contribution in [3.8, 4) is 22.7 Å². The predicted octanol–water partition coefficient (Wildman–Crippen LogP) is 5.84. The molecule has 1 amide bonds. The molecule has 0 spiro atoms. The Morgan fingerprint density at radius 1 is 1.00 bits per heavy atom. The molecule has 0 unspecified atom stereocenters. The monoisotopic (exact) mass is 437 g/mol. The molecule has 1 N–H and O–H groups in total. The first kappa shape index (κ1) is 21.2. The lowest BCUT2D eigenvalue weighted by molar-refractivity contribution is -0.0495. The topological polar surface area (TPSA) is 56.1 Å². The van der Waals surface area contributed by atoms with Gasteiger partial charge in [-0.05, 0) is 31.2 Å². The molecular formula is C24H18F3N3O2. The number of hydrogen-bond donors (Lipinski definition) is 1. The molecule has 32 heavy (non-hydrogen) atoms. The van der Waals surface area contributed by atoms with Crippen LogP contribution in [-0.2, 0) is 0 Å². The molecule has 0 aliphatic rings. The minimum atomic E-state index is -3.17. The average Bonchev–Trinajstić information content (AvgIpc) is 3.13. The van der Waals surface area contributed by atoms with Gasteiger partial charge in [0.15, 0.2) is 5.75 Å². The van der Waals surface area contributed by atoms with Gasteiger partial charge in [0.2, 0.25) is 0 Å². The Kier molecular flexibility index (Phi) is 5.93. The summed E-state index contributed by atoms with van der Waals surface area (Å²) >= 11 is 0. The molecule has 0 fully saturated rings. The van der Waals surface area contributed by atoms with Crippen LogP contribution in [0.2, 0.25) is 0 Å². The normalized spacial score (nSPS) is 10.9. The summed E-state index contributed by atoms with van der Waals surface area (Å²) in [6.07, 6.45) is 0. The van der Waals surface area contributed by atoms with Crippen molar-refractivity contribution < 1.29 is 22.7 Å². The third-order valence-corrected chi connectivity index (χ3v) is 4.80. The number of hydrogen-bond acceptors (Lipinski definition) is 3. The standard InChI is InChI=1S/C24H18F3N3O2/c1-15-21(23(31)28-19-13-12-17(25)14-20(19)32-24(26)27)22(16-8-4-2-5-9-16)29-30(15)18-10-6-3-7-11-18/h2-14,24H,1H3,(H,28,31). The van der Waals surface area contributed by atoms with E-state index in [1.807, 2.05) is 60.7 Å². The van der Waals surface area contributed by atoms with Crippen LogP contribution in [-0.4, -0.2) is 22.3 Å². The van der Waals surface area contributed by atoms with E-state index in [4.69, 9.17) is 0 Å². The van der Waals surface area contributed by atoms with Crippen LogP contribution in [0.1, 0.15) is 16.1 Å². The molecule has 0 bridgehead atoms. The highest BCUT2D eigenvalue weighted by atomic mass is 19.3. The van der Waals surface area contributed by atoms with Crippen molar-refractivity contribution in [2.24, 2.45) is 0 Å². The van der Waals surface area contributed by atoms with Crippen molar-refractivity contribution in [1.29, 1.82) is 0 Å². The summed E-state index contributed by atoms with van der Waals surface area (Å²) in [7, 11) is 0. The molecule has 3 aromatic carbocycles. The lowest BCUT2D eigenvalue weighted by Gasteiger charge is -2.12. The Balaban J connectivity index is 1.79. The molecule has 0 saturated heterocycles. The Morgan fingerprint density at radius 2 is 1.66 bits per heavy atom. The van der Waals surface area contributed by atoms with E-state index >= 15 is 0 Å². The first-order chi connectivity index (χ1) is 15.4. The summed E-state index contributed by atoms with van der Waals surface area (Å²) < 4.78 is 45.1. The van der Waals surface area contributed by atoms with Crippen LogP contribution < -0.4 is 10.1 Å². The highest BCUT2D eigenvalue weighted by Crippen LogP contribution is 2.31. The zero-order valence-corrected chi connectivity index (χ0v) is 16.9. The van der Waals surface area contributed by atoms with Crippen LogP contribution in [0.15, 0.2) is 78.9 Å². The molecule has 1 aromatic heterocycles. The number of halogens is 3. The maximum absolute atomic E-state index is 13.5. The first-order valence-electron chi connectivity index (χ1n) is 9.70. The second-order valence-corrected chi connectivity index (χ2v) is 6.90. The summed E-state index contributed by atoms with van der Waals surface area (Å²) in [5, 5.41) is 7.20. The summed E-state index contributed by atoms with van der Waals surface area (Å²) in [5.41, 5.74) is 2.60. The van der Waals surface area contributed by atoms with Gasteiger partial charge in [0, 0.05) is 11.6 Å². The largest absolute Gasteiger partial charge is 0.432 e. The van der Waals surface area contributed by atoms with Gasteiger partial charge in [-0.15, -0.1) is 0 Å². The summed E-state index contributed by atoms with van der Waals surface area (Å²) in [6.45, 7) is -1.43. The summed E-state index contributed by atoms with van der Waals surface area (Å²) in [5.74, 6) is -1.83. The number of benzene rings is 3. The maximum atomic E-state index is 13.5. The van der Waals surface area contributed by atoms with Gasteiger partial charge in [-0.3, -0.25) is 4.79 Å². The van der Waals surface area contributed by atoms with Crippen molar-refractivity contribution >= 4 is 11.6 Å². The number of ether oxygens (including phenoxy) is 1. The molecule has 5 nitrogen and oxygen atoms in total. The third-order valence-electron chi connectivity index (χ3n) is 4.80. The second kappa shape index (κ2) is 8.97. The fourth-order valence-electron chi connectivity index (χ4n) is 3.37. The van der Waals surface area contributed by atoms with E-state index < -0.39 is 24.1 Å². The lowest BCUT2D eigenvalue weighted by atomic mass is 10.1. The number of rotatable bonds is 6. The number of anilines is 1. The lowest BCUT2D eigenvalue weighted by Crippen LogP contribution is -2.16. The van der Waals surface area contributed by atoms with Gasteiger partial charge in [-0.25, -0.2) is 9.07 Å². The number of carbonyl (C=O) groups excluding carboxylic acids is 1. The number of carbonyl (C=O) groups is 1. The van der Waals surface area contributed by atoms with Crippen molar-refractivity contribution in [3.05, 3.63) is 95.9 Å². The van der Waals surface area contributed by atoms with Crippen LogP contribution in [0, 0.1) is 12.7 Å². The van der Waals surface area contributed by atoms with Crippen molar-refractivity contribution in [2.75, 3.05) is 5.32 Å². The number of para-hydroxylation sites is 1. The molecule has 1 heterocycles. The van der Waals surface area contributed by atoms with Crippen LogP contribution in [0.4, 0.5) is 18.9 Å². The molecule has 4 aromatic rings. The zero-order valence-electron chi connectivity index (χ0n) is 16.9. The van der Waals surface area contributed by atoms with Gasteiger partial charge < -0.3 is 10.1 Å². The van der Waals surface area contributed by atoms with E-state index in [2.05, 4.69) is 15.2 Å². The van der Waals surface area contributed by atoms with Crippen LogP contribution in [0.3, 0.4) is 0 Å². The summed E-state index contributed by atoms with van der Waals surface area (Å²) in [6, 6.07) is 21.4. The fraction of sp³-hybridized carbons (Fsp3) is 0.0833. The first-order valence-corrected chi connectivity index (χ1v) is 9.70. The molecule has 0 atom stereocenters. The van der Waals surface area contributed by atoms with E-state index in [-0.39, 0.29) is 11.3 Å². The Morgan fingerprint density at radius 3 is 2.31 bits per heavy atom. The number of aromatic nitrogens is 2. The fourth-order valence-corrected chi connectivity index (χ4v) is 3.37. The van der Waals surface area contributed by atoms with E-state index in [1.165, 1.54) is 6.07 Å². The van der Waals surface area contributed by atoms with Crippen LogP contribution in [0.25, 0.3) is 16.9 Å². The van der Waals surface area contributed by atoms with Gasteiger partial charge in [0.1, 0.15) is 11.5 Å². The maximum Gasteiger partial charge on any atom is 0.387 e. The van der Waals surface area contributed by atoms with Gasteiger partial charge in [0.05, 0.1) is 22.6 Å². The van der Waals surface area contributed by atoms with Gasteiger partial charge in [0.25, 0.3) is 5.91 Å². The molecule has 8 heteroatoms. The number of nitrogens with one attached hydrogen (secondary N) is 1. The number of nitrogens with zero attached hydrogens (tertiary/aromatic N) is 2. The zero-order chi connectivity index (χ0) is 22.7. The predicted molar refractivity (Wildman–Crippen MR) is 115 cm³/mol. The van der Waals surface area contributed by atoms with E-state index in [0.717, 1.165) is 17.8 Å². The molecular weight excluding hydrogens is 419 g/mol. The number of amides is 1. The smallest absolute Gasteiger partial charge is 0.387 e. The van der Waals surface area contributed by atoms with Crippen molar-refractivity contribution in [2.45, 2.75) is 13.5 Å². The Labute approximate surface area is 182 Å². The Hall–Kier alpha value is -4.07. The highest BCUT2D eigenvalue weighted by molar-refractivity contribution is 6.09. The molecule has 0 saturated carbocycles. The highest BCUT2D eigenvalue weighted by Gasteiger charge is 2.24.